The second kappa shape index (κ2) is 7.90. The molecule has 28 heavy (non-hydrogen) atoms. The van der Waals surface area contributed by atoms with Crippen molar-refractivity contribution in [1.29, 1.82) is 0 Å². The third-order valence-electron chi connectivity index (χ3n) is 4.67. The van der Waals surface area contributed by atoms with Crippen molar-refractivity contribution in [3.63, 3.8) is 0 Å². The van der Waals surface area contributed by atoms with Gasteiger partial charge in [0.05, 0.1) is 11.2 Å². The van der Waals surface area contributed by atoms with Gasteiger partial charge in [0, 0.05) is 12.6 Å². The molecule has 2 aromatic rings. The molecule has 0 fully saturated rings. The lowest BCUT2D eigenvalue weighted by molar-refractivity contribution is -0.141. The molecular weight excluding hydrogens is 378 g/mol. The number of benzene rings is 1. The predicted molar refractivity (Wildman–Crippen MR) is 95.8 cm³/mol. The van der Waals surface area contributed by atoms with Crippen LogP contribution in [0.4, 0.5) is 17.6 Å². The number of hydrogen-bond donors (Lipinski definition) is 2. The van der Waals surface area contributed by atoms with E-state index < -0.39 is 34.9 Å². The van der Waals surface area contributed by atoms with E-state index in [4.69, 9.17) is 5.73 Å². The topological polar surface area (TPSA) is 81.1 Å². The standard InChI is InChI=1S/C19H23F4N3O2/c1-4-5-6-9-18(2,28)13-10-11(7-8-12(13)17(24)27)14-15(19(21,22)23)25-26(3)16(14)20/h7-8,10,28H,4-6,9H2,1-3H3,(H2,24,27). The van der Waals surface area contributed by atoms with Crippen LogP contribution in [-0.4, -0.2) is 20.8 Å². The number of nitrogens with two attached hydrogens (primary N) is 1. The molecule has 0 saturated carbocycles. The molecule has 3 N–H and O–H groups in total. The summed E-state index contributed by atoms with van der Waals surface area (Å²) in [6, 6.07) is 3.55. The summed E-state index contributed by atoms with van der Waals surface area (Å²) in [5, 5.41) is 14.1. The minimum absolute atomic E-state index is 0.0249. The van der Waals surface area contributed by atoms with E-state index in [2.05, 4.69) is 5.10 Å². The Morgan fingerprint density at radius 2 is 1.93 bits per heavy atom. The Morgan fingerprint density at radius 3 is 2.46 bits per heavy atom. The number of primary amides is 1. The van der Waals surface area contributed by atoms with Crippen molar-refractivity contribution in [2.24, 2.45) is 12.8 Å². The van der Waals surface area contributed by atoms with Gasteiger partial charge in [-0.05, 0) is 36.6 Å². The Labute approximate surface area is 160 Å². The summed E-state index contributed by atoms with van der Waals surface area (Å²) < 4.78 is 54.8. The van der Waals surface area contributed by atoms with Gasteiger partial charge in [0.15, 0.2) is 5.69 Å². The van der Waals surface area contributed by atoms with Crippen molar-refractivity contribution in [3.8, 4) is 11.1 Å². The number of halogens is 4. The molecule has 0 saturated heterocycles. The zero-order valence-electron chi connectivity index (χ0n) is 15.9. The lowest BCUT2D eigenvalue weighted by atomic mass is 9.84. The number of carbonyl (C=O) groups is 1. The molecule has 1 heterocycles. The number of hydrogen-bond acceptors (Lipinski definition) is 3. The first-order valence-corrected chi connectivity index (χ1v) is 8.87. The summed E-state index contributed by atoms with van der Waals surface area (Å²) in [4.78, 5) is 11.8. The predicted octanol–water partition coefficient (Wildman–Crippen LogP) is 4.13. The van der Waals surface area contributed by atoms with Gasteiger partial charge in [0.1, 0.15) is 0 Å². The number of nitrogens with zero attached hydrogens (tertiary/aromatic N) is 2. The zero-order chi connectivity index (χ0) is 21.3. The van der Waals surface area contributed by atoms with Crippen molar-refractivity contribution < 1.29 is 27.5 Å². The Balaban J connectivity index is 2.66. The van der Waals surface area contributed by atoms with Gasteiger partial charge in [-0.1, -0.05) is 32.3 Å². The summed E-state index contributed by atoms with van der Waals surface area (Å²) in [5.74, 6) is -2.00. The Morgan fingerprint density at radius 1 is 1.29 bits per heavy atom. The number of rotatable bonds is 7. The molecule has 1 unspecified atom stereocenters. The van der Waals surface area contributed by atoms with Crippen molar-refractivity contribution in [3.05, 3.63) is 41.0 Å². The number of unbranched alkanes of at least 4 members (excludes halogenated alkanes) is 2. The maximum Gasteiger partial charge on any atom is 0.435 e. The van der Waals surface area contributed by atoms with E-state index in [1.165, 1.54) is 25.1 Å². The van der Waals surface area contributed by atoms with Crippen LogP contribution in [0.2, 0.25) is 0 Å². The smallest absolute Gasteiger partial charge is 0.385 e. The maximum atomic E-state index is 14.4. The van der Waals surface area contributed by atoms with Gasteiger partial charge in [0.25, 0.3) is 0 Å². The largest absolute Gasteiger partial charge is 0.435 e. The third kappa shape index (κ3) is 4.35. The van der Waals surface area contributed by atoms with Crippen LogP contribution in [-0.2, 0) is 18.8 Å². The highest BCUT2D eigenvalue weighted by atomic mass is 19.4. The number of aromatic nitrogens is 2. The lowest BCUT2D eigenvalue weighted by Gasteiger charge is -2.26. The first-order valence-electron chi connectivity index (χ1n) is 8.87. The average molecular weight is 401 g/mol. The summed E-state index contributed by atoms with van der Waals surface area (Å²) in [6.45, 7) is 3.44. The number of aliphatic hydroxyl groups is 1. The Kier molecular flexibility index (Phi) is 6.18. The van der Waals surface area contributed by atoms with E-state index in [-0.39, 0.29) is 23.1 Å². The van der Waals surface area contributed by atoms with Crippen LogP contribution in [0.1, 0.15) is 61.1 Å². The summed E-state index contributed by atoms with van der Waals surface area (Å²) >= 11 is 0. The van der Waals surface area contributed by atoms with Crippen LogP contribution in [0.25, 0.3) is 11.1 Å². The molecule has 1 aromatic heterocycles. The van der Waals surface area contributed by atoms with Crippen LogP contribution in [0.5, 0.6) is 0 Å². The fourth-order valence-corrected chi connectivity index (χ4v) is 3.17. The fraction of sp³-hybridized carbons (Fsp3) is 0.474. The summed E-state index contributed by atoms with van der Waals surface area (Å²) in [6.07, 6.45) is -2.23. The van der Waals surface area contributed by atoms with Crippen LogP contribution in [0.3, 0.4) is 0 Å². The molecule has 9 heteroatoms. The second-order valence-corrected chi connectivity index (χ2v) is 6.99. The second-order valence-electron chi connectivity index (χ2n) is 6.99. The molecule has 1 amide bonds. The molecule has 0 radical (unpaired) electrons. The lowest BCUT2D eigenvalue weighted by Crippen LogP contribution is -2.26. The minimum atomic E-state index is -4.87. The van der Waals surface area contributed by atoms with Crippen molar-refractivity contribution in [2.45, 2.75) is 51.3 Å². The minimum Gasteiger partial charge on any atom is -0.385 e. The molecular formula is C19H23F4N3O2. The van der Waals surface area contributed by atoms with E-state index in [9.17, 15) is 27.5 Å². The van der Waals surface area contributed by atoms with Crippen molar-refractivity contribution in [2.75, 3.05) is 0 Å². The summed E-state index contributed by atoms with van der Waals surface area (Å²) in [7, 11) is 1.06. The molecule has 2 rings (SSSR count). The van der Waals surface area contributed by atoms with Crippen LogP contribution in [0, 0.1) is 5.95 Å². The van der Waals surface area contributed by atoms with Gasteiger partial charge in [-0.2, -0.15) is 22.7 Å². The van der Waals surface area contributed by atoms with E-state index in [0.29, 0.717) is 11.1 Å². The monoisotopic (exact) mass is 401 g/mol. The summed E-state index contributed by atoms with van der Waals surface area (Å²) in [5.41, 5.74) is 1.62. The van der Waals surface area contributed by atoms with Crippen molar-refractivity contribution in [1.82, 2.24) is 9.78 Å². The van der Waals surface area contributed by atoms with Crippen LogP contribution in [0.15, 0.2) is 18.2 Å². The highest BCUT2D eigenvalue weighted by Crippen LogP contribution is 2.40. The van der Waals surface area contributed by atoms with Gasteiger partial charge in [0.2, 0.25) is 11.9 Å². The maximum absolute atomic E-state index is 14.4. The van der Waals surface area contributed by atoms with E-state index in [0.717, 1.165) is 19.9 Å². The van der Waals surface area contributed by atoms with Gasteiger partial charge >= 0.3 is 6.18 Å². The number of alkyl halides is 3. The highest BCUT2D eigenvalue weighted by molar-refractivity contribution is 5.95. The molecule has 1 aromatic carbocycles. The number of aryl methyl sites for hydroxylation is 1. The van der Waals surface area contributed by atoms with E-state index in [1.54, 1.807) is 0 Å². The van der Waals surface area contributed by atoms with Gasteiger partial charge in [-0.25, -0.2) is 4.68 Å². The molecule has 1 atom stereocenters. The first kappa shape index (κ1) is 21.9. The molecule has 0 aliphatic heterocycles. The van der Waals surface area contributed by atoms with Crippen LogP contribution >= 0.6 is 0 Å². The van der Waals surface area contributed by atoms with Gasteiger partial charge in [-0.3, -0.25) is 4.79 Å². The molecule has 0 aliphatic carbocycles. The van der Waals surface area contributed by atoms with Crippen molar-refractivity contribution >= 4 is 5.91 Å². The Bertz CT molecular complexity index is 873. The fourth-order valence-electron chi connectivity index (χ4n) is 3.17. The first-order chi connectivity index (χ1) is 12.9. The molecule has 5 nitrogen and oxygen atoms in total. The van der Waals surface area contributed by atoms with E-state index >= 15 is 0 Å². The van der Waals surface area contributed by atoms with Crippen LogP contribution < -0.4 is 5.73 Å². The van der Waals surface area contributed by atoms with E-state index in [1.807, 2.05) is 6.92 Å². The Hall–Kier alpha value is -2.42. The molecule has 0 aliphatic rings. The number of amides is 1. The zero-order valence-corrected chi connectivity index (χ0v) is 15.9. The average Bonchev–Trinajstić information content (AvgIpc) is 2.90. The SMILES string of the molecule is CCCCCC(C)(O)c1cc(-c2c(C(F)(F)F)nn(C)c2F)ccc1C(N)=O. The third-order valence-corrected chi connectivity index (χ3v) is 4.67. The molecule has 0 spiro atoms. The van der Waals surface area contributed by atoms with Gasteiger partial charge in [-0.15, -0.1) is 0 Å². The molecule has 0 bridgehead atoms. The number of carbonyl (C=O) groups excluding carboxylic acids is 1. The molecule has 154 valence electrons. The quantitative estimate of drug-likeness (QED) is 0.541. The highest BCUT2D eigenvalue weighted by Gasteiger charge is 2.40. The van der Waals surface area contributed by atoms with Gasteiger partial charge < -0.3 is 10.8 Å². The normalized spacial score (nSPS) is 14.1.